The molecule has 2 heterocycles. The maximum absolute atomic E-state index is 3.60. The zero-order valence-corrected chi connectivity index (χ0v) is 10.6. The van der Waals surface area contributed by atoms with Crippen molar-refractivity contribution in [2.75, 3.05) is 19.6 Å². The molecule has 3 rings (SSSR count). The highest BCUT2D eigenvalue weighted by Crippen LogP contribution is 2.34. The van der Waals surface area contributed by atoms with Crippen molar-refractivity contribution in [1.29, 1.82) is 0 Å². The molecule has 0 radical (unpaired) electrons. The molecule has 1 aliphatic carbocycles. The molecule has 92 valence electrons. The Morgan fingerprint density at radius 3 is 2.62 bits per heavy atom. The zero-order chi connectivity index (χ0) is 11.0. The molecule has 1 saturated carbocycles. The molecular formula is C14H26N2. The minimum Gasteiger partial charge on any atom is -0.315 e. The molecule has 0 bridgehead atoms. The van der Waals surface area contributed by atoms with Gasteiger partial charge in [0.05, 0.1) is 0 Å². The lowest BCUT2D eigenvalue weighted by molar-refractivity contribution is 0.0512. The topological polar surface area (TPSA) is 15.3 Å². The second-order valence-corrected chi connectivity index (χ2v) is 6.28. The van der Waals surface area contributed by atoms with E-state index in [2.05, 4.69) is 17.1 Å². The summed E-state index contributed by atoms with van der Waals surface area (Å²) in [5.41, 5.74) is 0. The Hall–Kier alpha value is -0.0800. The third kappa shape index (κ3) is 2.02. The van der Waals surface area contributed by atoms with Crippen LogP contribution in [-0.2, 0) is 0 Å². The van der Waals surface area contributed by atoms with Gasteiger partial charge in [-0.1, -0.05) is 6.92 Å². The first-order valence-corrected chi connectivity index (χ1v) is 7.31. The lowest BCUT2D eigenvalue weighted by Gasteiger charge is -2.44. The molecule has 2 unspecified atom stereocenters. The van der Waals surface area contributed by atoms with Crippen LogP contribution < -0.4 is 5.32 Å². The summed E-state index contributed by atoms with van der Waals surface area (Å²) in [6.07, 6.45) is 8.76. The molecule has 3 fully saturated rings. The average molecular weight is 222 g/mol. The van der Waals surface area contributed by atoms with Crippen molar-refractivity contribution in [2.45, 2.75) is 57.5 Å². The first-order valence-electron chi connectivity index (χ1n) is 7.31. The molecule has 3 aliphatic rings. The summed E-state index contributed by atoms with van der Waals surface area (Å²) in [4.78, 5) is 2.88. The quantitative estimate of drug-likeness (QED) is 0.732. The Labute approximate surface area is 99.8 Å². The van der Waals surface area contributed by atoms with Gasteiger partial charge in [-0.25, -0.2) is 0 Å². The summed E-state index contributed by atoms with van der Waals surface area (Å²) in [7, 11) is 0. The first-order chi connectivity index (χ1) is 7.84. The Morgan fingerprint density at radius 1 is 1.00 bits per heavy atom. The normalized spacial score (nSPS) is 45.6. The smallest absolute Gasteiger partial charge is 0.0263 e. The van der Waals surface area contributed by atoms with E-state index in [0.29, 0.717) is 0 Å². The van der Waals surface area contributed by atoms with Gasteiger partial charge in [-0.05, 0) is 63.5 Å². The van der Waals surface area contributed by atoms with E-state index >= 15 is 0 Å². The monoisotopic (exact) mass is 222 g/mol. The Bertz CT molecular complexity index is 233. The van der Waals surface area contributed by atoms with Crippen LogP contribution in [-0.4, -0.2) is 36.6 Å². The summed E-state index contributed by atoms with van der Waals surface area (Å²) in [5.74, 6) is 1.95. The van der Waals surface area contributed by atoms with Crippen molar-refractivity contribution < 1.29 is 0 Å². The van der Waals surface area contributed by atoms with Gasteiger partial charge < -0.3 is 5.32 Å². The van der Waals surface area contributed by atoms with Gasteiger partial charge >= 0.3 is 0 Å². The minimum atomic E-state index is 0.882. The van der Waals surface area contributed by atoms with Gasteiger partial charge in [0.1, 0.15) is 0 Å². The predicted molar refractivity (Wildman–Crippen MR) is 67.5 cm³/mol. The third-order valence-electron chi connectivity index (χ3n) is 5.18. The van der Waals surface area contributed by atoms with Crippen molar-refractivity contribution in [3.8, 4) is 0 Å². The molecule has 0 aromatic carbocycles. The van der Waals surface area contributed by atoms with E-state index in [9.17, 15) is 0 Å². The molecule has 2 heteroatoms. The lowest BCUT2D eigenvalue weighted by Crippen LogP contribution is -2.51. The van der Waals surface area contributed by atoms with Crippen LogP contribution in [0.4, 0.5) is 0 Å². The summed E-state index contributed by atoms with van der Waals surface area (Å²) < 4.78 is 0. The third-order valence-corrected chi connectivity index (χ3v) is 5.18. The average Bonchev–Trinajstić information content (AvgIpc) is 2.78. The summed E-state index contributed by atoms with van der Waals surface area (Å²) >= 11 is 0. The van der Waals surface area contributed by atoms with E-state index in [1.807, 2.05) is 0 Å². The highest BCUT2D eigenvalue weighted by molar-refractivity contribution is 4.95. The molecule has 2 aliphatic heterocycles. The van der Waals surface area contributed by atoms with E-state index in [-0.39, 0.29) is 0 Å². The summed E-state index contributed by atoms with van der Waals surface area (Å²) in [5, 5.41) is 3.60. The Morgan fingerprint density at radius 2 is 1.81 bits per heavy atom. The number of hydrogen-bond donors (Lipinski definition) is 1. The van der Waals surface area contributed by atoms with Crippen LogP contribution in [0.1, 0.15) is 45.4 Å². The van der Waals surface area contributed by atoms with Crippen molar-refractivity contribution in [3.05, 3.63) is 0 Å². The predicted octanol–water partition coefficient (Wildman–Crippen LogP) is 2.25. The fourth-order valence-electron chi connectivity index (χ4n) is 4.13. The fourth-order valence-corrected chi connectivity index (χ4v) is 4.13. The van der Waals surface area contributed by atoms with Crippen LogP contribution in [0, 0.1) is 11.8 Å². The Kier molecular flexibility index (Phi) is 3.21. The molecule has 2 atom stereocenters. The molecule has 0 aromatic heterocycles. The van der Waals surface area contributed by atoms with Crippen LogP contribution in [0.2, 0.25) is 0 Å². The van der Waals surface area contributed by atoms with Crippen molar-refractivity contribution >= 4 is 0 Å². The van der Waals surface area contributed by atoms with Gasteiger partial charge in [0, 0.05) is 18.6 Å². The van der Waals surface area contributed by atoms with Crippen LogP contribution >= 0.6 is 0 Å². The molecule has 16 heavy (non-hydrogen) atoms. The van der Waals surface area contributed by atoms with E-state index in [4.69, 9.17) is 0 Å². The van der Waals surface area contributed by atoms with Crippen LogP contribution in [0.3, 0.4) is 0 Å². The molecule has 0 spiro atoms. The number of likely N-dealkylation sites (tertiary alicyclic amines) is 1. The SMILES string of the molecule is CC1CCC(N2CCCC3CNCC32)CC1. The molecule has 2 saturated heterocycles. The van der Waals surface area contributed by atoms with Gasteiger partial charge in [-0.3, -0.25) is 4.90 Å². The number of fused-ring (bicyclic) bond motifs is 1. The first kappa shape index (κ1) is 11.0. The van der Waals surface area contributed by atoms with Crippen LogP contribution in [0.5, 0.6) is 0 Å². The highest BCUT2D eigenvalue weighted by atomic mass is 15.2. The fraction of sp³-hybridized carbons (Fsp3) is 1.00. The number of nitrogens with zero attached hydrogens (tertiary/aromatic N) is 1. The standard InChI is InChI=1S/C14H26N2/c1-11-4-6-13(7-5-11)16-8-2-3-12-9-15-10-14(12)16/h11-15H,2-10H2,1H3. The number of piperidine rings is 1. The van der Waals surface area contributed by atoms with E-state index in [1.54, 1.807) is 0 Å². The molecule has 0 aromatic rings. The van der Waals surface area contributed by atoms with E-state index in [0.717, 1.165) is 23.9 Å². The largest absolute Gasteiger partial charge is 0.315 e. The number of nitrogens with one attached hydrogen (secondary N) is 1. The molecular weight excluding hydrogens is 196 g/mol. The van der Waals surface area contributed by atoms with E-state index in [1.165, 1.54) is 58.2 Å². The maximum atomic E-state index is 3.60. The zero-order valence-electron chi connectivity index (χ0n) is 10.6. The van der Waals surface area contributed by atoms with Crippen molar-refractivity contribution in [2.24, 2.45) is 11.8 Å². The van der Waals surface area contributed by atoms with Crippen LogP contribution in [0.25, 0.3) is 0 Å². The van der Waals surface area contributed by atoms with Gasteiger partial charge in [-0.2, -0.15) is 0 Å². The van der Waals surface area contributed by atoms with Crippen molar-refractivity contribution in [1.82, 2.24) is 10.2 Å². The second-order valence-electron chi connectivity index (χ2n) is 6.28. The highest BCUT2D eigenvalue weighted by Gasteiger charge is 2.38. The van der Waals surface area contributed by atoms with Crippen LogP contribution in [0.15, 0.2) is 0 Å². The van der Waals surface area contributed by atoms with E-state index < -0.39 is 0 Å². The van der Waals surface area contributed by atoms with Gasteiger partial charge in [-0.15, -0.1) is 0 Å². The minimum absolute atomic E-state index is 0.882. The van der Waals surface area contributed by atoms with Gasteiger partial charge in [0.25, 0.3) is 0 Å². The molecule has 0 amide bonds. The van der Waals surface area contributed by atoms with Gasteiger partial charge in [0.15, 0.2) is 0 Å². The summed E-state index contributed by atoms with van der Waals surface area (Å²) in [6, 6.07) is 1.80. The second kappa shape index (κ2) is 4.66. The molecule has 1 N–H and O–H groups in total. The lowest BCUT2D eigenvalue weighted by atomic mass is 9.83. The number of rotatable bonds is 1. The Balaban J connectivity index is 1.64. The maximum Gasteiger partial charge on any atom is 0.0263 e. The summed E-state index contributed by atoms with van der Waals surface area (Å²) in [6.45, 7) is 6.34. The number of hydrogen-bond acceptors (Lipinski definition) is 2. The van der Waals surface area contributed by atoms with Crippen molar-refractivity contribution in [3.63, 3.8) is 0 Å². The van der Waals surface area contributed by atoms with Gasteiger partial charge in [0.2, 0.25) is 0 Å². The molecule has 2 nitrogen and oxygen atoms in total.